The average Bonchev–Trinajstić information content (AvgIpc) is 3.21. The summed E-state index contributed by atoms with van der Waals surface area (Å²) in [7, 11) is 0. The van der Waals surface area contributed by atoms with Crippen molar-refractivity contribution in [3.05, 3.63) is 48.5 Å². The molecular formula is C51H86N3O+. The lowest BCUT2D eigenvalue weighted by Gasteiger charge is -2.37. The van der Waals surface area contributed by atoms with Gasteiger partial charge in [-0.15, -0.1) is 0 Å². The smallest absolute Gasteiger partial charge is 0.319 e. The number of rotatable bonds is 36. The first-order valence-electron chi connectivity index (χ1n) is 24.1. The Labute approximate surface area is 339 Å². The van der Waals surface area contributed by atoms with E-state index in [0.29, 0.717) is 4.48 Å². The SMILES string of the molecule is CCCCCCCCCCCCCCCCCC[N+](CCCCCCCCCCCCCCCCCC)(C(=O)CN)c1c2ccccc2nc2ccccc12. The number of aromatic nitrogens is 1. The van der Waals surface area contributed by atoms with Gasteiger partial charge < -0.3 is 5.73 Å². The molecule has 3 rings (SSSR count). The molecule has 2 aromatic carbocycles. The molecule has 0 fully saturated rings. The fourth-order valence-electron chi connectivity index (χ4n) is 9.02. The molecule has 0 spiro atoms. The molecule has 1 amide bonds. The van der Waals surface area contributed by atoms with Crippen LogP contribution in [0.1, 0.15) is 219 Å². The van der Waals surface area contributed by atoms with E-state index < -0.39 is 0 Å². The number of carbonyl (C=O) groups is 1. The number of nitrogens with zero attached hydrogens (tertiary/aromatic N) is 2. The number of pyridine rings is 1. The van der Waals surface area contributed by atoms with E-state index in [4.69, 9.17) is 10.7 Å². The number of nitrogens with two attached hydrogens (primary N) is 1. The van der Waals surface area contributed by atoms with Gasteiger partial charge in [0.25, 0.3) is 0 Å². The number of quaternary nitrogens is 1. The van der Waals surface area contributed by atoms with Crippen molar-refractivity contribution in [3.63, 3.8) is 0 Å². The molecule has 310 valence electrons. The molecule has 4 nitrogen and oxygen atoms in total. The molecule has 1 aromatic heterocycles. The summed E-state index contributed by atoms with van der Waals surface area (Å²) >= 11 is 0. The van der Waals surface area contributed by atoms with Crippen LogP contribution in [0.3, 0.4) is 0 Å². The van der Waals surface area contributed by atoms with Crippen molar-refractivity contribution in [2.75, 3.05) is 19.6 Å². The van der Waals surface area contributed by atoms with Crippen LogP contribution >= 0.6 is 0 Å². The maximum Gasteiger partial charge on any atom is 0.332 e. The molecule has 0 saturated carbocycles. The normalized spacial score (nSPS) is 12.0. The highest BCUT2D eigenvalue weighted by Gasteiger charge is 2.40. The Bertz CT molecular complexity index is 1290. The Kier molecular flexibility index (Phi) is 26.4. The van der Waals surface area contributed by atoms with Gasteiger partial charge in [0, 0.05) is 0 Å². The van der Waals surface area contributed by atoms with Crippen LogP contribution in [-0.4, -0.2) is 30.5 Å². The van der Waals surface area contributed by atoms with E-state index in [1.54, 1.807) is 0 Å². The molecule has 0 saturated heterocycles. The van der Waals surface area contributed by atoms with E-state index in [1.165, 1.54) is 193 Å². The summed E-state index contributed by atoms with van der Waals surface area (Å²) in [6, 6.07) is 16.9. The summed E-state index contributed by atoms with van der Waals surface area (Å²) in [6.07, 6.45) is 43.2. The Hall–Kier alpha value is -2.30. The minimum absolute atomic E-state index is 0.0721. The van der Waals surface area contributed by atoms with Gasteiger partial charge in [-0.1, -0.05) is 218 Å². The molecule has 3 aromatic rings. The van der Waals surface area contributed by atoms with E-state index in [-0.39, 0.29) is 12.5 Å². The van der Waals surface area contributed by atoms with Crippen LogP contribution in [-0.2, 0) is 4.79 Å². The number of carbonyl (C=O) groups excluding carboxylic acids is 1. The van der Waals surface area contributed by atoms with Gasteiger partial charge in [0.1, 0.15) is 6.54 Å². The Balaban J connectivity index is 1.49. The highest BCUT2D eigenvalue weighted by atomic mass is 16.2. The molecule has 0 aliphatic carbocycles. The lowest BCUT2D eigenvalue weighted by Crippen LogP contribution is -2.58. The predicted molar refractivity (Wildman–Crippen MR) is 244 cm³/mol. The van der Waals surface area contributed by atoms with Gasteiger partial charge in [-0.2, -0.15) is 0 Å². The van der Waals surface area contributed by atoms with Gasteiger partial charge in [-0.25, -0.2) is 14.3 Å². The van der Waals surface area contributed by atoms with E-state index >= 15 is 0 Å². The van der Waals surface area contributed by atoms with Crippen molar-refractivity contribution in [1.29, 1.82) is 0 Å². The molecule has 4 heteroatoms. The van der Waals surface area contributed by atoms with Crippen LogP contribution in [0.4, 0.5) is 5.69 Å². The summed E-state index contributed by atoms with van der Waals surface area (Å²) in [6.45, 7) is 6.32. The monoisotopic (exact) mass is 757 g/mol. The largest absolute Gasteiger partial charge is 0.332 e. The molecule has 0 aliphatic rings. The fraction of sp³-hybridized carbons (Fsp3) is 0.725. The van der Waals surface area contributed by atoms with E-state index in [1.807, 2.05) is 0 Å². The summed E-state index contributed by atoms with van der Waals surface area (Å²) in [5, 5.41) is 2.21. The van der Waals surface area contributed by atoms with Gasteiger partial charge >= 0.3 is 5.91 Å². The third-order valence-electron chi connectivity index (χ3n) is 12.4. The van der Waals surface area contributed by atoms with Gasteiger partial charge in [0.05, 0.1) is 34.9 Å². The van der Waals surface area contributed by atoms with E-state index in [9.17, 15) is 4.79 Å². The van der Waals surface area contributed by atoms with Gasteiger partial charge in [0.2, 0.25) is 0 Å². The number of para-hydroxylation sites is 2. The maximum atomic E-state index is 14.3. The van der Waals surface area contributed by atoms with Crippen molar-refractivity contribution in [2.45, 2.75) is 219 Å². The Morgan fingerprint density at radius 3 is 1.00 bits per heavy atom. The summed E-state index contributed by atoms with van der Waals surface area (Å²) < 4.78 is 0.358. The fourth-order valence-corrected chi connectivity index (χ4v) is 9.02. The van der Waals surface area contributed by atoms with Crippen LogP contribution in [0.2, 0.25) is 0 Å². The second-order valence-electron chi connectivity index (χ2n) is 17.1. The first-order valence-corrected chi connectivity index (χ1v) is 24.1. The minimum atomic E-state index is 0.0721. The van der Waals surface area contributed by atoms with Crippen LogP contribution in [0.15, 0.2) is 48.5 Å². The summed E-state index contributed by atoms with van der Waals surface area (Å²) in [5.41, 5.74) is 9.41. The predicted octanol–water partition coefficient (Wildman–Crippen LogP) is 15.7. The molecular weight excluding hydrogens is 671 g/mol. The molecule has 0 unspecified atom stereocenters. The van der Waals surface area contributed by atoms with Crippen molar-refractivity contribution in [2.24, 2.45) is 5.73 Å². The average molecular weight is 757 g/mol. The number of hydrogen-bond acceptors (Lipinski definition) is 3. The third kappa shape index (κ3) is 18.2. The zero-order chi connectivity index (χ0) is 39.1. The quantitative estimate of drug-likeness (QED) is 0.0365. The van der Waals surface area contributed by atoms with Crippen molar-refractivity contribution in [3.8, 4) is 0 Å². The molecule has 55 heavy (non-hydrogen) atoms. The molecule has 0 radical (unpaired) electrons. The maximum absolute atomic E-state index is 14.3. The van der Waals surface area contributed by atoms with Crippen molar-refractivity contribution >= 4 is 33.4 Å². The zero-order valence-electron chi connectivity index (χ0n) is 36.2. The van der Waals surface area contributed by atoms with Gasteiger partial charge in [-0.05, 0) is 49.9 Å². The van der Waals surface area contributed by atoms with Crippen molar-refractivity contribution < 1.29 is 4.79 Å². The van der Waals surface area contributed by atoms with Gasteiger partial charge in [-0.3, -0.25) is 0 Å². The summed E-state index contributed by atoms with van der Waals surface area (Å²) in [5.74, 6) is 0.156. The third-order valence-corrected chi connectivity index (χ3v) is 12.4. The standard InChI is InChI=1S/C51H86N3O/c1-3-5-7-9-11-13-15-17-19-21-23-25-27-29-31-37-43-54(50(55)45-52,51-46-39-33-35-41-48(46)53-49-42-36-34-40-47(49)51)44-38-32-30-28-26-24-22-20-18-16-14-12-10-8-6-4-2/h33-36,39-42H,3-32,37-38,43-45,52H2,1-2H3/q+1. The number of amides is 1. The minimum Gasteiger partial charge on any atom is -0.319 e. The highest BCUT2D eigenvalue weighted by molar-refractivity contribution is 6.11. The first kappa shape index (κ1) is 47.1. The lowest BCUT2D eigenvalue weighted by atomic mass is 10.0. The van der Waals surface area contributed by atoms with Crippen molar-refractivity contribution in [1.82, 2.24) is 9.47 Å². The first-order chi connectivity index (χ1) is 27.2. The number of fused-ring (bicyclic) bond motifs is 2. The van der Waals surface area contributed by atoms with Crippen LogP contribution < -0.4 is 10.2 Å². The van der Waals surface area contributed by atoms with E-state index in [0.717, 1.165) is 53.4 Å². The molecule has 1 heterocycles. The number of unbranched alkanes of at least 4 members (excludes halogenated alkanes) is 30. The second-order valence-corrected chi connectivity index (χ2v) is 17.1. The lowest BCUT2D eigenvalue weighted by molar-refractivity contribution is -0.129. The summed E-state index contributed by atoms with van der Waals surface area (Å²) in [4.78, 5) is 19.4. The number of benzene rings is 2. The molecule has 0 bridgehead atoms. The molecule has 2 N–H and O–H groups in total. The highest BCUT2D eigenvalue weighted by Crippen LogP contribution is 2.39. The second kappa shape index (κ2) is 30.8. The Morgan fingerprint density at radius 1 is 0.436 bits per heavy atom. The molecule has 0 aliphatic heterocycles. The number of hydrogen-bond donors (Lipinski definition) is 1. The van der Waals surface area contributed by atoms with E-state index in [2.05, 4.69) is 62.4 Å². The zero-order valence-corrected chi connectivity index (χ0v) is 36.2. The topological polar surface area (TPSA) is 56.0 Å². The van der Waals surface area contributed by atoms with Gasteiger partial charge in [0.15, 0.2) is 5.69 Å². The molecule has 0 atom stereocenters. The Morgan fingerprint density at radius 2 is 0.709 bits per heavy atom. The van der Waals surface area contributed by atoms with Crippen LogP contribution in [0.5, 0.6) is 0 Å². The van der Waals surface area contributed by atoms with Crippen LogP contribution in [0, 0.1) is 0 Å². The van der Waals surface area contributed by atoms with Crippen LogP contribution in [0.25, 0.3) is 21.8 Å².